The minimum Gasteiger partial charge on any atom is -0.290 e. The SMILES string of the molecule is Cc1c(Br)ccc2ncc(Br)n12. The van der Waals surface area contributed by atoms with Crippen molar-refractivity contribution in [3.63, 3.8) is 0 Å². The summed E-state index contributed by atoms with van der Waals surface area (Å²) in [6, 6.07) is 3.98. The Balaban J connectivity index is 2.96. The van der Waals surface area contributed by atoms with E-state index < -0.39 is 0 Å². The summed E-state index contributed by atoms with van der Waals surface area (Å²) >= 11 is 6.90. The lowest BCUT2D eigenvalue weighted by Gasteiger charge is -2.02. The fraction of sp³-hybridized carbons (Fsp3) is 0.125. The molecular weight excluding hydrogens is 284 g/mol. The molecule has 2 rings (SSSR count). The van der Waals surface area contributed by atoms with Gasteiger partial charge >= 0.3 is 0 Å². The van der Waals surface area contributed by atoms with Crippen LogP contribution in [0.1, 0.15) is 5.69 Å². The molecule has 2 aromatic rings. The van der Waals surface area contributed by atoms with E-state index in [1.54, 1.807) is 6.20 Å². The van der Waals surface area contributed by atoms with E-state index in [-0.39, 0.29) is 0 Å². The van der Waals surface area contributed by atoms with E-state index in [1.807, 2.05) is 23.5 Å². The van der Waals surface area contributed by atoms with Crippen molar-refractivity contribution in [1.82, 2.24) is 9.38 Å². The van der Waals surface area contributed by atoms with E-state index >= 15 is 0 Å². The molecule has 0 N–H and O–H groups in total. The maximum absolute atomic E-state index is 4.22. The van der Waals surface area contributed by atoms with Crippen molar-refractivity contribution in [2.45, 2.75) is 6.92 Å². The molecule has 0 unspecified atom stereocenters. The van der Waals surface area contributed by atoms with Crippen LogP contribution in [0.5, 0.6) is 0 Å². The summed E-state index contributed by atoms with van der Waals surface area (Å²) < 4.78 is 4.12. The van der Waals surface area contributed by atoms with E-state index in [4.69, 9.17) is 0 Å². The molecule has 0 saturated heterocycles. The van der Waals surface area contributed by atoms with E-state index in [9.17, 15) is 0 Å². The molecule has 4 heteroatoms. The van der Waals surface area contributed by atoms with Crippen LogP contribution in [0.2, 0.25) is 0 Å². The minimum absolute atomic E-state index is 0.961. The molecular formula is C8H6Br2N2. The van der Waals surface area contributed by atoms with Crippen LogP contribution in [0.3, 0.4) is 0 Å². The van der Waals surface area contributed by atoms with Crippen LogP contribution in [-0.4, -0.2) is 9.38 Å². The molecule has 0 fully saturated rings. The largest absolute Gasteiger partial charge is 0.290 e. The Morgan fingerprint density at radius 2 is 2.08 bits per heavy atom. The highest BCUT2D eigenvalue weighted by Crippen LogP contribution is 2.21. The van der Waals surface area contributed by atoms with Crippen molar-refractivity contribution >= 4 is 37.5 Å². The second-order valence-corrected chi connectivity index (χ2v) is 4.21. The first kappa shape index (κ1) is 8.26. The number of rotatable bonds is 0. The fourth-order valence-electron chi connectivity index (χ4n) is 1.17. The Hall–Kier alpha value is -0.350. The van der Waals surface area contributed by atoms with E-state index in [2.05, 4.69) is 36.8 Å². The highest BCUT2D eigenvalue weighted by molar-refractivity contribution is 9.10. The number of hydrogen-bond acceptors (Lipinski definition) is 1. The van der Waals surface area contributed by atoms with Crippen LogP contribution in [0.4, 0.5) is 0 Å². The Morgan fingerprint density at radius 3 is 2.83 bits per heavy atom. The van der Waals surface area contributed by atoms with Gasteiger partial charge in [0.25, 0.3) is 0 Å². The predicted octanol–water partition coefficient (Wildman–Crippen LogP) is 3.17. The molecule has 0 aromatic carbocycles. The molecule has 12 heavy (non-hydrogen) atoms. The van der Waals surface area contributed by atoms with Gasteiger partial charge in [0.05, 0.1) is 6.20 Å². The zero-order valence-electron chi connectivity index (χ0n) is 6.38. The number of hydrogen-bond donors (Lipinski definition) is 0. The summed E-state index contributed by atoms with van der Waals surface area (Å²) in [6.07, 6.45) is 1.80. The zero-order valence-corrected chi connectivity index (χ0v) is 9.55. The molecule has 2 heterocycles. The first-order valence-electron chi connectivity index (χ1n) is 3.48. The third kappa shape index (κ3) is 1.10. The molecule has 0 saturated carbocycles. The Kier molecular flexibility index (Phi) is 1.96. The quantitative estimate of drug-likeness (QED) is 0.728. The molecule has 0 radical (unpaired) electrons. The highest BCUT2D eigenvalue weighted by Gasteiger charge is 2.04. The van der Waals surface area contributed by atoms with Gasteiger partial charge < -0.3 is 0 Å². The molecule has 2 aromatic heterocycles. The number of aromatic nitrogens is 2. The van der Waals surface area contributed by atoms with E-state index in [0.717, 1.165) is 20.4 Å². The van der Waals surface area contributed by atoms with Gasteiger partial charge in [-0.15, -0.1) is 0 Å². The van der Waals surface area contributed by atoms with Crippen molar-refractivity contribution in [3.8, 4) is 0 Å². The molecule has 0 aliphatic heterocycles. The van der Waals surface area contributed by atoms with Gasteiger partial charge in [0.2, 0.25) is 0 Å². The summed E-state index contributed by atoms with van der Waals surface area (Å²) in [6.45, 7) is 2.05. The summed E-state index contributed by atoms with van der Waals surface area (Å²) in [4.78, 5) is 4.22. The molecule has 0 aliphatic rings. The average molecular weight is 290 g/mol. The van der Waals surface area contributed by atoms with Crippen molar-refractivity contribution < 1.29 is 0 Å². The topological polar surface area (TPSA) is 17.3 Å². The molecule has 0 amide bonds. The lowest BCUT2D eigenvalue weighted by molar-refractivity contribution is 1.06. The van der Waals surface area contributed by atoms with Crippen molar-refractivity contribution in [2.24, 2.45) is 0 Å². The third-order valence-corrected chi connectivity index (χ3v) is 3.20. The molecule has 0 aliphatic carbocycles. The van der Waals surface area contributed by atoms with Gasteiger partial charge in [-0.25, -0.2) is 4.98 Å². The van der Waals surface area contributed by atoms with Crippen molar-refractivity contribution in [3.05, 3.63) is 33.1 Å². The zero-order chi connectivity index (χ0) is 8.72. The standard InChI is InChI=1S/C8H6Br2N2/c1-5-6(9)2-3-8-11-4-7(10)12(5)8/h2-4H,1H3. The van der Waals surface area contributed by atoms with Gasteiger partial charge in [0.1, 0.15) is 10.3 Å². The summed E-state index contributed by atoms with van der Waals surface area (Å²) in [5.74, 6) is 0. The molecule has 0 spiro atoms. The first-order chi connectivity index (χ1) is 5.70. The smallest absolute Gasteiger partial charge is 0.137 e. The fourth-order valence-corrected chi connectivity index (χ4v) is 2.03. The average Bonchev–Trinajstić information content (AvgIpc) is 2.41. The van der Waals surface area contributed by atoms with Crippen molar-refractivity contribution in [1.29, 1.82) is 0 Å². The number of fused-ring (bicyclic) bond motifs is 1. The summed E-state index contributed by atoms with van der Waals surface area (Å²) in [5, 5.41) is 0. The third-order valence-electron chi connectivity index (χ3n) is 1.81. The van der Waals surface area contributed by atoms with Gasteiger partial charge in [-0.1, -0.05) is 0 Å². The number of halogens is 2. The summed E-state index contributed by atoms with van der Waals surface area (Å²) in [7, 11) is 0. The second-order valence-electron chi connectivity index (χ2n) is 2.54. The lowest BCUT2D eigenvalue weighted by Crippen LogP contribution is -1.91. The van der Waals surface area contributed by atoms with Crippen LogP contribution in [-0.2, 0) is 0 Å². The van der Waals surface area contributed by atoms with E-state index in [0.29, 0.717) is 0 Å². The number of nitrogens with zero attached hydrogens (tertiary/aromatic N) is 2. The number of imidazole rings is 1. The van der Waals surface area contributed by atoms with Crippen LogP contribution >= 0.6 is 31.9 Å². The first-order valence-corrected chi connectivity index (χ1v) is 5.07. The Morgan fingerprint density at radius 1 is 1.33 bits per heavy atom. The Labute approximate surface area is 86.9 Å². The summed E-state index contributed by atoms with van der Waals surface area (Å²) in [5.41, 5.74) is 2.11. The number of pyridine rings is 1. The molecule has 0 atom stereocenters. The van der Waals surface area contributed by atoms with Gasteiger partial charge in [-0.3, -0.25) is 4.40 Å². The maximum Gasteiger partial charge on any atom is 0.137 e. The molecule has 2 nitrogen and oxygen atoms in total. The van der Waals surface area contributed by atoms with Gasteiger partial charge in [-0.2, -0.15) is 0 Å². The minimum atomic E-state index is 0.961. The van der Waals surface area contributed by atoms with Crippen LogP contribution in [0.15, 0.2) is 27.4 Å². The maximum atomic E-state index is 4.22. The molecule has 0 bridgehead atoms. The van der Waals surface area contributed by atoms with Crippen LogP contribution in [0.25, 0.3) is 5.65 Å². The number of aryl methyl sites for hydroxylation is 1. The lowest BCUT2D eigenvalue weighted by atomic mass is 10.4. The normalized spacial score (nSPS) is 10.9. The van der Waals surface area contributed by atoms with E-state index in [1.165, 1.54) is 0 Å². The van der Waals surface area contributed by atoms with Crippen molar-refractivity contribution in [2.75, 3.05) is 0 Å². The van der Waals surface area contributed by atoms with Crippen LogP contribution < -0.4 is 0 Å². The molecule has 62 valence electrons. The predicted molar refractivity (Wildman–Crippen MR) is 55.3 cm³/mol. The van der Waals surface area contributed by atoms with Gasteiger partial charge in [-0.05, 0) is 50.9 Å². The highest BCUT2D eigenvalue weighted by atomic mass is 79.9. The van der Waals surface area contributed by atoms with Gasteiger partial charge in [0.15, 0.2) is 0 Å². The Bertz CT molecular complexity index is 434. The second kappa shape index (κ2) is 2.85. The van der Waals surface area contributed by atoms with Gasteiger partial charge in [0, 0.05) is 10.2 Å². The van der Waals surface area contributed by atoms with Crippen LogP contribution in [0, 0.1) is 6.92 Å². The monoisotopic (exact) mass is 288 g/mol.